The molecule has 20 heavy (non-hydrogen) atoms. The van der Waals surface area contributed by atoms with E-state index in [9.17, 15) is 4.79 Å². The second-order valence-electron chi connectivity index (χ2n) is 4.08. The molecule has 0 aliphatic heterocycles. The number of nitrogens with zero attached hydrogens (tertiary/aromatic N) is 3. The zero-order valence-electron chi connectivity index (χ0n) is 11.8. The molecular formula is C14H17N3O3. The summed E-state index contributed by atoms with van der Waals surface area (Å²) in [5.41, 5.74) is 1.92. The van der Waals surface area contributed by atoms with Gasteiger partial charge in [-0.05, 0) is 19.9 Å². The van der Waals surface area contributed by atoms with E-state index in [0.717, 1.165) is 11.3 Å². The number of carbonyl (C=O) groups excluding carboxylic acids is 1. The number of carbonyl (C=O) groups is 1. The first kappa shape index (κ1) is 14.0. The molecule has 0 aliphatic rings. The SMILES string of the molecule is CCOc1cc(OCC)c(-c2cc(C=O)nn2C)cn1. The van der Waals surface area contributed by atoms with Gasteiger partial charge in [-0.3, -0.25) is 9.48 Å². The van der Waals surface area contributed by atoms with E-state index < -0.39 is 0 Å². The summed E-state index contributed by atoms with van der Waals surface area (Å²) >= 11 is 0. The minimum atomic E-state index is 0.374. The lowest BCUT2D eigenvalue weighted by molar-refractivity contribution is 0.111. The molecule has 2 rings (SSSR count). The molecule has 0 spiro atoms. The van der Waals surface area contributed by atoms with Gasteiger partial charge in [-0.25, -0.2) is 4.98 Å². The largest absolute Gasteiger partial charge is 0.493 e. The molecule has 2 aromatic rings. The molecule has 0 bridgehead atoms. The topological polar surface area (TPSA) is 66.2 Å². The highest BCUT2D eigenvalue weighted by atomic mass is 16.5. The molecule has 0 saturated heterocycles. The van der Waals surface area contributed by atoms with E-state index in [1.54, 1.807) is 30.1 Å². The number of hydrogen-bond acceptors (Lipinski definition) is 5. The lowest BCUT2D eigenvalue weighted by Crippen LogP contribution is -2.01. The summed E-state index contributed by atoms with van der Waals surface area (Å²) in [4.78, 5) is 15.0. The first-order chi connectivity index (χ1) is 9.69. The number of hydrogen-bond donors (Lipinski definition) is 0. The Balaban J connectivity index is 2.48. The molecule has 0 aliphatic carbocycles. The van der Waals surface area contributed by atoms with Gasteiger partial charge in [0.15, 0.2) is 6.29 Å². The van der Waals surface area contributed by atoms with E-state index in [1.807, 2.05) is 13.8 Å². The fourth-order valence-corrected chi connectivity index (χ4v) is 1.91. The number of ether oxygens (including phenoxy) is 2. The average molecular weight is 275 g/mol. The Kier molecular flexibility index (Phi) is 4.34. The fraction of sp³-hybridized carbons (Fsp3) is 0.357. The van der Waals surface area contributed by atoms with E-state index in [1.165, 1.54) is 0 Å². The van der Waals surface area contributed by atoms with E-state index in [4.69, 9.17) is 9.47 Å². The van der Waals surface area contributed by atoms with Crippen LogP contribution in [0.15, 0.2) is 18.3 Å². The monoisotopic (exact) mass is 275 g/mol. The van der Waals surface area contributed by atoms with Gasteiger partial charge in [-0.15, -0.1) is 0 Å². The lowest BCUT2D eigenvalue weighted by atomic mass is 10.2. The molecule has 2 aromatic heterocycles. The van der Waals surface area contributed by atoms with Crippen LogP contribution in [-0.2, 0) is 7.05 Å². The Labute approximate surface area is 117 Å². The van der Waals surface area contributed by atoms with Crippen LogP contribution >= 0.6 is 0 Å². The fourth-order valence-electron chi connectivity index (χ4n) is 1.91. The van der Waals surface area contributed by atoms with Crippen LogP contribution in [0.5, 0.6) is 11.6 Å². The van der Waals surface area contributed by atoms with Gasteiger partial charge in [-0.1, -0.05) is 0 Å². The van der Waals surface area contributed by atoms with Crippen LogP contribution in [0, 0.1) is 0 Å². The molecule has 6 nitrogen and oxygen atoms in total. The second kappa shape index (κ2) is 6.18. The quantitative estimate of drug-likeness (QED) is 0.755. The van der Waals surface area contributed by atoms with Crippen molar-refractivity contribution in [2.24, 2.45) is 7.05 Å². The molecule has 0 aromatic carbocycles. The van der Waals surface area contributed by atoms with Crippen LogP contribution < -0.4 is 9.47 Å². The third-order valence-corrected chi connectivity index (χ3v) is 2.73. The third-order valence-electron chi connectivity index (χ3n) is 2.73. The predicted octanol–water partition coefficient (Wildman–Crippen LogP) is 2.09. The molecule has 0 saturated carbocycles. The Hall–Kier alpha value is -2.37. The summed E-state index contributed by atoms with van der Waals surface area (Å²) in [7, 11) is 1.77. The summed E-state index contributed by atoms with van der Waals surface area (Å²) < 4.78 is 12.6. The van der Waals surface area contributed by atoms with Gasteiger partial charge < -0.3 is 9.47 Å². The summed E-state index contributed by atoms with van der Waals surface area (Å²) in [6, 6.07) is 3.45. The van der Waals surface area contributed by atoms with Gasteiger partial charge in [-0.2, -0.15) is 5.10 Å². The summed E-state index contributed by atoms with van der Waals surface area (Å²) in [5.74, 6) is 1.17. The van der Waals surface area contributed by atoms with Gasteiger partial charge in [0.05, 0.1) is 24.5 Å². The third kappa shape index (κ3) is 2.79. The predicted molar refractivity (Wildman–Crippen MR) is 74.2 cm³/mol. The van der Waals surface area contributed by atoms with E-state index in [0.29, 0.717) is 36.8 Å². The molecule has 106 valence electrons. The molecule has 0 radical (unpaired) electrons. The Morgan fingerprint density at radius 3 is 2.60 bits per heavy atom. The smallest absolute Gasteiger partial charge is 0.216 e. The highest BCUT2D eigenvalue weighted by molar-refractivity contribution is 5.77. The molecular weight excluding hydrogens is 258 g/mol. The van der Waals surface area contributed by atoms with Gasteiger partial charge in [0.25, 0.3) is 0 Å². The minimum absolute atomic E-state index is 0.374. The van der Waals surface area contributed by atoms with Crippen molar-refractivity contribution in [1.29, 1.82) is 0 Å². The van der Waals surface area contributed by atoms with Gasteiger partial charge in [0.1, 0.15) is 11.4 Å². The molecule has 0 unspecified atom stereocenters. The summed E-state index contributed by atoms with van der Waals surface area (Å²) in [6.07, 6.45) is 2.38. The van der Waals surface area contributed by atoms with Crippen molar-refractivity contribution in [3.63, 3.8) is 0 Å². The van der Waals surface area contributed by atoms with E-state index in [2.05, 4.69) is 10.1 Å². The highest BCUT2D eigenvalue weighted by Crippen LogP contribution is 2.32. The summed E-state index contributed by atoms with van der Waals surface area (Å²) in [5, 5.41) is 4.10. The first-order valence-electron chi connectivity index (χ1n) is 6.44. The number of aryl methyl sites for hydroxylation is 1. The van der Waals surface area contributed by atoms with E-state index in [-0.39, 0.29) is 0 Å². The number of aromatic nitrogens is 3. The average Bonchev–Trinajstić information content (AvgIpc) is 2.81. The summed E-state index contributed by atoms with van der Waals surface area (Å²) in [6.45, 7) is 4.87. The highest BCUT2D eigenvalue weighted by Gasteiger charge is 2.14. The van der Waals surface area contributed by atoms with Crippen molar-refractivity contribution in [3.05, 3.63) is 24.0 Å². The number of aldehydes is 1. The van der Waals surface area contributed by atoms with Crippen molar-refractivity contribution in [3.8, 4) is 22.9 Å². The van der Waals surface area contributed by atoms with Crippen LogP contribution in [0.2, 0.25) is 0 Å². The molecule has 0 atom stereocenters. The number of rotatable bonds is 6. The van der Waals surface area contributed by atoms with Crippen LogP contribution in [0.1, 0.15) is 24.3 Å². The van der Waals surface area contributed by atoms with Crippen molar-refractivity contribution >= 4 is 6.29 Å². The van der Waals surface area contributed by atoms with Crippen molar-refractivity contribution in [2.45, 2.75) is 13.8 Å². The Morgan fingerprint density at radius 1 is 1.25 bits per heavy atom. The second-order valence-corrected chi connectivity index (χ2v) is 4.08. The zero-order valence-corrected chi connectivity index (χ0v) is 11.8. The maximum absolute atomic E-state index is 10.8. The molecule has 6 heteroatoms. The van der Waals surface area contributed by atoms with Crippen LogP contribution in [0.3, 0.4) is 0 Å². The van der Waals surface area contributed by atoms with Gasteiger partial charge >= 0.3 is 0 Å². The number of pyridine rings is 1. The minimum Gasteiger partial charge on any atom is -0.493 e. The Bertz CT molecular complexity index is 608. The molecule has 2 heterocycles. The van der Waals surface area contributed by atoms with Crippen molar-refractivity contribution in [1.82, 2.24) is 14.8 Å². The molecule has 0 fully saturated rings. The standard InChI is InChI=1S/C14H17N3O3/c1-4-19-13-7-14(20-5-2)15-8-11(13)12-6-10(9-18)16-17(12)3/h6-9H,4-5H2,1-3H3. The maximum atomic E-state index is 10.8. The lowest BCUT2D eigenvalue weighted by Gasteiger charge is -2.11. The first-order valence-corrected chi connectivity index (χ1v) is 6.44. The van der Waals surface area contributed by atoms with Gasteiger partial charge in [0, 0.05) is 19.3 Å². The molecule has 0 N–H and O–H groups in total. The van der Waals surface area contributed by atoms with Crippen LogP contribution in [-0.4, -0.2) is 34.3 Å². The van der Waals surface area contributed by atoms with Crippen LogP contribution in [0.25, 0.3) is 11.3 Å². The van der Waals surface area contributed by atoms with Crippen LogP contribution in [0.4, 0.5) is 0 Å². The Morgan fingerprint density at radius 2 is 2.00 bits per heavy atom. The molecule has 0 amide bonds. The van der Waals surface area contributed by atoms with Crippen molar-refractivity contribution in [2.75, 3.05) is 13.2 Å². The maximum Gasteiger partial charge on any atom is 0.216 e. The van der Waals surface area contributed by atoms with Crippen molar-refractivity contribution < 1.29 is 14.3 Å². The zero-order chi connectivity index (χ0) is 14.5. The van der Waals surface area contributed by atoms with Gasteiger partial charge in [0.2, 0.25) is 5.88 Å². The normalized spacial score (nSPS) is 10.3. The van der Waals surface area contributed by atoms with E-state index >= 15 is 0 Å².